The summed E-state index contributed by atoms with van der Waals surface area (Å²) in [6.07, 6.45) is 0. The minimum absolute atomic E-state index is 0.0259. The maximum Gasteiger partial charge on any atom is 0.327 e. The molecule has 0 atom stereocenters. The highest BCUT2D eigenvalue weighted by atomic mass is 32.2. The van der Waals surface area contributed by atoms with Gasteiger partial charge >= 0.3 is 5.97 Å². The number of aryl methyl sites for hydroxylation is 1. The van der Waals surface area contributed by atoms with E-state index in [-0.39, 0.29) is 6.54 Å². The molecule has 2 aromatic heterocycles. The molecule has 0 aliphatic rings. The molecule has 0 N–H and O–H groups in total. The highest BCUT2D eigenvalue weighted by Crippen LogP contribution is 2.19. The number of rotatable bonds is 5. The fourth-order valence-corrected chi connectivity index (χ4v) is 1.97. The van der Waals surface area contributed by atoms with E-state index in [1.165, 1.54) is 23.6 Å². The van der Waals surface area contributed by atoms with E-state index in [4.69, 9.17) is 0 Å². The average molecular weight is 270 g/mol. The summed E-state index contributed by atoms with van der Waals surface area (Å²) in [4.78, 5) is 11.1. The molecule has 0 saturated heterocycles. The van der Waals surface area contributed by atoms with Crippen LogP contribution in [0, 0.1) is 6.92 Å². The van der Waals surface area contributed by atoms with E-state index >= 15 is 0 Å². The third-order valence-electron chi connectivity index (χ3n) is 2.09. The first-order valence-corrected chi connectivity index (χ1v) is 5.93. The van der Waals surface area contributed by atoms with Crippen LogP contribution in [-0.4, -0.2) is 43.6 Å². The molecular formula is C8H10N6O3S. The lowest BCUT2D eigenvalue weighted by atomic mass is 10.4. The molecule has 0 aliphatic carbocycles. The third kappa shape index (κ3) is 2.83. The van der Waals surface area contributed by atoms with Gasteiger partial charge in [0.05, 0.1) is 7.11 Å². The van der Waals surface area contributed by atoms with Gasteiger partial charge in [0.25, 0.3) is 0 Å². The van der Waals surface area contributed by atoms with Crippen molar-refractivity contribution in [3.05, 3.63) is 11.4 Å². The van der Waals surface area contributed by atoms with Crippen molar-refractivity contribution in [2.45, 2.75) is 24.4 Å². The Morgan fingerprint density at radius 3 is 3.00 bits per heavy atom. The van der Waals surface area contributed by atoms with Crippen LogP contribution >= 0.6 is 11.8 Å². The first-order valence-electron chi connectivity index (χ1n) is 4.94. The quantitative estimate of drug-likeness (QED) is 0.540. The minimum Gasteiger partial charge on any atom is -0.468 e. The first kappa shape index (κ1) is 12.5. The summed E-state index contributed by atoms with van der Waals surface area (Å²) in [5, 5.41) is 18.9. The fourth-order valence-electron chi connectivity index (χ4n) is 1.10. The second kappa shape index (κ2) is 5.58. The number of esters is 1. The van der Waals surface area contributed by atoms with Gasteiger partial charge in [0, 0.05) is 5.75 Å². The molecular weight excluding hydrogens is 260 g/mol. The van der Waals surface area contributed by atoms with Crippen molar-refractivity contribution < 1.29 is 14.2 Å². The number of hydrogen-bond acceptors (Lipinski definition) is 9. The van der Waals surface area contributed by atoms with Crippen molar-refractivity contribution in [2.75, 3.05) is 7.11 Å². The van der Waals surface area contributed by atoms with Crippen molar-refractivity contribution >= 4 is 17.7 Å². The highest BCUT2D eigenvalue weighted by molar-refractivity contribution is 7.98. The van der Waals surface area contributed by atoms with Gasteiger partial charge in [-0.2, -0.15) is 0 Å². The van der Waals surface area contributed by atoms with E-state index in [1.807, 2.05) is 0 Å². The molecule has 0 spiro atoms. The monoisotopic (exact) mass is 270 g/mol. The van der Waals surface area contributed by atoms with E-state index in [1.54, 1.807) is 6.92 Å². The Morgan fingerprint density at radius 1 is 1.50 bits per heavy atom. The van der Waals surface area contributed by atoms with Crippen LogP contribution in [0.3, 0.4) is 0 Å². The zero-order chi connectivity index (χ0) is 13.0. The summed E-state index contributed by atoms with van der Waals surface area (Å²) >= 11 is 1.33. The van der Waals surface area contributed by atoms with Crippen LogP contribution in [0.15, 0.2) is 9.79 Å². The Balaban J connectivity index is 2.00. The summed E-state index contributed by atoms with van der Waals surface area (Å²) in [6, 6.07) is 0. The lowest BCUT2D eigenvalue weighted by molar-refractivity contribution is -0.141. The Morgan fingerprint density at radius 2 is 2.33 bits per heavy atom. The Hall–Kier alpha value is -1.97. The first-order chi connectivity index (χ1) is 8.70. The molecule has 0 radical (unpaired) electrons. The van der Waals surface area contributed by atoms with Crippen molar-refractivity contribution in [2.24, 2.45) is 0 Å². The largest absolute Gasteiger partial charge is 0.468 e. The van der Waals surface area contributed by atoms with Crippen LogP contribution in [-0.2, 0) is 21.8 Å². The topological polar surface area (TPSA) is 109 Å². The Labute approximate surface area is 106 Å². The van der Waals surface area contributed by atoms with Crippen molar-refractivity contribution in [1.29, 1.82) is 0 Å². The van der Waals surface area contributed by atoms with Crippen LogP contribution in [0.25, 0.3) is 0 Å². The summed E-state index contributed by atoms with van der Waals surface area (Å²) in [7, 11) is 1.31. The van der Waals surface area contributed by atoms with Gasteiger partial charge in [0.1, 0.15) is 17.9 Å². The predicted molar refractivity (Wildman–Crippen MR) is 58.4 cm³/mol. The molecule has 0 saturated carbocycles. The molecule has 2 heterocycles. The molecule has 2 aromatic rings. The molecule has 2 rings (SSSR count). The van der Waals surface area contributed by atoms with E-state index in [9.17, 15) is 4.79 Å². The van der Waals surface area contributed by atoms with Crippen LogP contribution in [0.5, 0.6) is 0 Å². The van der Waals surface area contributed by atoms with Gasteiger partial charge in [0.2, 0.25) is 5.16 Å². The standard InChI is InChI=1S/C8H10N6O3S/c1-5-6(11-17-10-5)4-18-8-9-12-13-14(8)3-7(15)16-2/h3-4H2,1-2H3. The van der Waals surface area contributed by atoms with Crippen LogP contribution in [0.2, 0.25) is 0 Å². The van der Waals surface area contributed by atoms with Gasteiger partial charge in [-0.15, -0.1) is 5.10 Å². The number of ether oxygens (including phenoxy) is 1. The number of aromatic nitrogens is 6. The molecule has 0 bridgehead atoms. The van der Waals surface area contributed by atoms with Crippen LogP contribution in [0.1, 0.15) is 11.4 Å². The third-order valence-corrected chi connectivity index (χ3v) is 3.06. The number of tetrazole rings is 1. The maximum absolute atomic E-state index is 11.1. The zero-order valence-corrected chi connectivity index (χ0v) is 10.5. The Bertz CT molecular complexity index is 538. The van der Waals surface area contributed by atoms with Gasteiger partial charge in [-0.3, -0.25) is 4.79 Å². The van der Waals surface area contributed by atoms with Crippen molar-refractivity contribution in [3.63, 3.8) is 0 Å². The summed E-state index contributed by atoms with van der Waals surface area (Å²) in [5.74, 6) is 0.0973. The number of nitrogens with zero attached hydrogens (tertiary/aromatic N) is 6. The van der Waals surface area contributed by atoms with Gasteiger partial charge in [-0.1, -0.05) is 22.1 Å². The number of carbonyl (C=O) groups is 1. The molecule has 0 amide bonds. The lowest BCUT2D eigenvalue weighted by Gasteiger charge is -2.01. The number of thioether (sulfide) groups is 1. The maximum atomic E-state index is 11.1. The van der Waals surface area contributed by atoms with Crippen molar-refractivity contribution in [1.82, 2.24) is 30.5 Å². The van der Waals surface area contributed by atoms with Gasteiger partial charge < -0.3 is 4.74 Å². The second-order valence-electron chi connectivity index (χ2n) is 3.28. The van der Waals surface area contributed by atoms with Gasteiger partial charge in [0.15, 0.2) is 0 Å². The van der Waals surface area contributed by atoms with Crippen molar-refractivity contribution in [3.8, 4) is 0 Å². The second-order valence-corrected chi connectivity index (χ2v) is 4.22. The predicted octanol–water partition coefficient (Wildman–Crippen LogP) is -0.170. The summed E-state index contributed by atoms with van der Waals surface area (Å²) in [5.41, 5.74) is 1.43. The molecule has 0 aromatic carbocycles. The normalized spacial score (nSPS) is 10.6. The fraction of sp³-hybridized carbons (Fsp3) is 0.500. The SMILES string of the molecule is COC(=O)Cn1nnnc1SCc1nonc1C. The molecule has 0 fully saturated rings. The van der Waals surface area contributed by atoms with Crippen LogP contribution in [0.4, 0.5) is 0 Å². The minimum atomic E-state index is -0.413. The van der Waals surface area contributed by atoms with E-state index in [2.05, 4.69) is 35.2 Å². The highest BCUT2D eigenvalue weighted by Gasteiger charge is 2.13. The van der Waals surface area contributed by atoms with Crippen LogP contribution < -0.4 is 0 Å². The molecule has 9 nitrogen and oxygen atoms in total. The van der Waals surface area contributed by atoms with Gasteiger partial charge in [-0.05, 0) is 17.4 Å². The molecule has 0 unspecified atom stereocenters. The lowest BCUT2D eigenvalue weighted by Crippen LogP contribution is -2.13. The molecule has 10 heteroatoms. The Kier molecular flexibility index (Phi) is 3.87. The molecule has 18 heavy (non-hydrogen) atoms. The molecule has 96 valence electrons. The van der Waals surface area contributed by atoms with E-state index < -0.39 is 5.97 Å². The zero-order valence-electron chi connectivity index (χ0n) is 9.73. The summed E-state index contributed by atoms with van der Waals surface area (Å²) < 4.78 is 10.5. The number of methoxy groups -OCH3 is 1. The summed E-state index contributed by atoms with van der Waals surface area (Å²) in [6.45, 7) is 1.77. The number of carbonyl (C=O) groups excluding carboxylic acids is 1. The van der Waals surface area contributed by atoms with E-state index in [0.29, 0.717) is 16.6 Å². The van der Waals surface area contributed by atoms with E-state index in [0.717, 1.165) is 5.69 Å². The average Bonchev–Trinajstić information content (AvgIpc) is 2.96. The van der Waals surface area contributed by atoms with Gasteiger partial charge in [-0.25, -0.2) is 9.31 Å². The smallest absolute Gasteiger partial charge is 0.327 e. The molecule has 0 aliphatic heterocycles. The number of hydrogen-bond donors (Lipinski definition) is 0.